The Morgan fingerprint density at radius 3 is 2.88 bits per heavy atom. The van der Waals surface area contributed by atoms with E-state index in [-0.39, 0.29) is 5.91 Å². The van der Waals surface area contributed by atoms with Gasteiger partial charge in [0, 0.05) is 34.9 Å². The number of hydrogen-bond acceptors (Lipinski definition) is 4. The Kier molecular flexibility index (Phi) is 4.01. The number of nitrogens with one attached hydrogen (secondary N) is 2. The minimum Gasteiger partial charge on any atom is -0.497 e. The number of halogens is 1. The standard InChI is InChI=1S/C18H15BrN4O2/c1-25-10-2-3-13(19)11(8-10)17-20-6-5-15(23-17)16-9-12-14(22-16)4-7-21-18(12)24/h2-3,5-6,8-9,22H,4,7H2,1H3,(H,21,24). The predicted octanol–water partition coefficient (Wildman–Crippen LogP) is 3.20. The third-order valence-electron chi connectivity index (χ3n) is 4.15. The molecular formula is C18H15BrN4O2. The molecule has 0 saturated heterocycles. The van der Waals surface area contributed by atoms with Crippen LogP contribution in [0.1, 0.15) is 16.1 Å². The van der Waals surface area contributed by atoms with Crippen LogP contribution in [0.3, 0.4) is 0 Å². The van der Waals surface area contributed by atoms with Crippen molar-refractivity contribution in [2.24, 2.45) is 0 Å². The zero-order chi connectivity index (χ0) is 17.4. The smallest absolute Gasteiger partial charge is 0.253 e. The zero-order valence-electron chi connectivity index (χ0n) is 13.5. The molecule has 6 nitrogen and oxygen atoms in total. The molecule has 2 aromatic heterocycles. The van der Waals surface area contributed by atoms with Gasteiger partial charge in [0.1, 0.15) is 5.75 Å². The Balaban J connectivity index is 1.77. The number of fused-ring (bicyclic) bond motifs is 1. The van der Waals surface area contributed by atoms with Gasteiger partial charge in [-0.1, -0.05) is 15.9 Å². The Hall–Kier alpha value is -2.67. The molecule has 126 valence electrons. The van der Waals surface area contributed by atoms with Crippen LogP contribution in [0.25, 0.3) is 22.8 Å². The van der Waals surface area contributed by atoms with Crippen LogP contribution in [0.2, 0.25) is 0 Å². The maximum Gasteiger partial charge on any atom is 0.253 e. The number of benzene rings is 1. The first-order chi connectivity index (χ1) is 12.2. The third-order valence-corrected chi connectivity index (χ3v) is 4.84. The van der Waals surface area contributed by atoms with Gasteiger partial charge in [0.05, 0.1) is 24.1 Å². The van der Waals surface area contributed by atoms with Crippen LogP contribution in [0.4, 0.5) is 0 Å². The number of H-pyrrole nitrogens is 1. The van der Waals surface area contributed by atoms with Crippen molar-refractivity contribution in [2.75, 3.05) is 13.7 Å². The molecule has 0 atom stereocenters. The molecule has 2 N–H and O–H groups in total. The quantitative estimate of drug-likeness (QED) is 0.709. The van der Waals surface area contributed by atoms with Crippen LogP contribution in [0, 0.1) is 0 Å². The first-order valence-electron chi connectivity index (χ1n) is 7.83. The minimum atomic E-state index is -0.0476. The van der Waals surface area contributed by atoms with Crippen molar-refractivity contribution < 1.29 is 9.53 Å². The lowest BCUT2D eigenvalue weighted by molar-refractivity contribution is 0.0946. The second-order valence-electron chi connectivity index (χ2n) is 5.69. The normalized spacial score (nSPS) is 13.3. The molecule has 0 spiro atoms. The fourth-order valence-corrected chi connectivity index (χ4v) is 3.30. The first kappa shape index (κ1) is 15.8. The summed E-state index contributed by atoms with van der Waals surface area (Å²) in [7, 11) is 1.62. The summed E-state index contributed by atoms with van der Waals surface area (Å²) in [6.45, 7) is 0.650. The van der Waals surface area contributed by atoms with Gasteiger partial charge in [0.15, 0.2) is 5.82 Å². The molecule has 1 aliphatic heterocycles. The summed E-state index contributed by atoms with van der Waals surface area (Å²) >= 11 is 3.54. The van der Waals surface area contributed by atoms with Crippen molar-refractivity contribution in [3.8, 4) is 28.5 Å². The number of nitrogens with zero attached hydrogens (tertiary/aromatic N) is 2. The lowest BCUT2D eigenvalue weighted by Gasteiger charge is -2.10. The Morgan fingerprint density at radius 2 is 2.08 bits per heavy atom. The molecule has 0 bridgehead atoms. The maximum atomic E-state index is 11.9. The molecule has 1 aliphatic rings. The van der Waals surface area contributed by atoms with Crippen molar-refractivity contribution in [3.63, 3.8) is 0 Å². The van der Waals surface area contributed by atoms with E-state index in [1.54, 1.807) is 13.3 Å². The van der Waals surface area contributed by atoms with E-state index >= 15 is 0 Å². The van der Waals surface area contributed by atoms with Gasteiger partial charge in [0.25, 0.3) is 5.91 Å². The van der Waals surface area contributed by atoms with Gasteiger partial charge in [-0.05, 0) is 30.3 Å². The lowest BCUT2D eigenvalue weighted by atomic mass is 10.1. The van der Waals surface area contributed by atoms with Crippen molar-refractivity contribution in [1.82, 2.24) is 20.3 Å². The van der Waals surface area contributed by atoms with Gasteiger partial charge in [-0.3, -0.25) is 4.79 Å². The summed E-state index contributed by atoms with van der Waals surface area (Å²) in [5.74, 6) is 1.27. The SMILES string of the molecule is COc1ccc(Br)c(-c2nccc(-c3cc4c([nH]3)CCNC4=O)n2)c1. The van der Waals surface area contributed by atoms with E-state index in [0.717, 1.165) is 39.3 Å². The minimum absolute atomic E-state index is 0.0476. The highest BCUT2D eigenvalue weighted by atomic mass is 79.9. The van der Waals surface area contributed by atoms with Crippen LogP contribution < -0.4 is 10.1 Å². The Morgan fingerprint density at radius 1 is 1.20 bits per heavy atom. The molecular weight excluding hydrogens is 384 g/mol. The molecule has 1 amide bonds. The van der Waals surface area contributed by atoms with Crippen molar-refractivity contribution in [3.05, 3.63) is 52.3 Å². The van der Waals surface area contributed by atoms with Gasteiger partial charge in [-0.25, -0.2) is 9.97 Å². The van der Waals surface area contributed by atoms with Gasteiger partial charge in [0.2, 0.25) is 0 Å². The highest BCUT2D eigenvalue weighted by Gasteiger charge is 2.20. The molecule has 0 radical (unpaired) electrons. The largest absolute Gasteiger partial charge is 0.497 e. The Bertz CT molecular complexity index is 967. The Labute approximate surface area is 152 Å². The average molecular weight is 399 g/mol. The van der Waals surface area contributed by atoms with E-state index in [1.807, 2.05) is 30.3 Å². The monoisotopic (exact) mass is 398 g/mol. The second-order valence-corrected chi connectivity index (χ2v) is 6.55. The average Bonchev–Trinajstić information content (AvgIpc) is 3.08. The van der Waals surface area contributed by atoms with E-state index in [2.05, 4.69) is 36.2 Å². The van der Waals surface area contributed by atoms with E-state index in [4.69, 9.17) is 4.74 Å². The van der Waals surface area contributed by atoms with Crippen LogP contribution >= 0.6 is 15.9 Å². The summed E-state index contributed by atoms with van der Waals surface area (Å²) in [4.78, 5) is 24.3. The van der Waals surface area contributed by atoms with Crippen LogP contribution in [-0.4, -0.2) is 34.5 Å². The van der Waals surface area contributed by atoms with E-state index < -0.39 is 0 Å². The number of hydrogen-bond donors (Lipinski definition) is 2. The van der Waals surface area contributed by atoms with Crippen molar-refractivity contribution >= 4 is 21.8 Å². The van der Waals surface area contributed by atoms with Crippen LogP contribution in [0.15, 0.2) is 41.0 Å². The van der Waals surface area contributed by atoms with Crippen molar-refractivity contribution in [2.45, 2.75) is 6.42 Å². The summed E-state index contributed by atoms with van der Waals surface area (Å²) in [6.07, 6.45) is 2.50. The molecule has 0 fully saturated rings. The molecule has 1 aromatic carbocycles. The molecule has 4 rings (SSSR count). The fraction of sp³-hybridized carbons (Fsp3) is 0.167. The second kappa shape index (κ2) is 6.33. The van der Waals surface area contributed by atoms with Gasteiger partial charge in [-0.15, -0.1) is 0 Å². The molecule has 3 heterocycles. The maximum absolute atomic E-state index is 11.9. The van der Waals surface area contributed by atoms with Gasteiger partial charge < -0.3 is 15.0 Å². The number of aromatic amines is 1. The topological polar surface area (TPSA) is 79.9 Å². The molecule has 0 unspecified atom stereocenters. The number of carbonyl (C=O) groups excluding carboxylic acids is 1. The lowest BCUT2D eigenvalue weighted by Crippen LogP contribution is -2.31. The number of aromatic nitrogens is 3. The summed E-state index contributed by atoms with van der Waals surface area (Å²) in [5.41, 5.74) is 4.02. The fourth-order valence-electron chi connectivity index (χ4n) is 2.87. The molecule has 0 saturated carbocycles. The summed E-state index contributed by atoms with van der Waals surface area (Å²) < 4.78 is 6.17. The number of carbonyl (C=O) groups is 1. The zero-order valence-corrected chi connectivity index (χ0v) is 15.1. The van der Waals surface area contributed by atoms with Gasteiger partial charge in [-0.2, -0.15) is 0 Å². The van der Waals surface area contributed by atoms with Gasteiger partial charge >= 0.3 is 0 Å². The molecule has 25 heavy (non-hydrogen) atoms. The van der Waals surface area contributed by atoms with Crippen molar-refractivity contribution in [1.29, 1.82) is 0 Å². The number of ether oxygens (including phenoxy) is 1. The number of methoxy groups -OCH3 is 1. The van der Waals surface area contributed by atoms with Crippen LogP contribution in [0.5, 0.6) is 5.75 Å². The van der Waals surface area contributed by atoms with E-state index in [9.17, 15) is 4.79 Å². The third kappa shape index (κ3) is 2.91. The van der Waals surface area contributed by atoms with Crippen LogP contribution in [-0.2, 0) is 6.42 Å². The summed E-state index contributed by atoms with van der Waals surface area (Å²) in [5, 5.41) is 2.85. The molecule has 3 aromatic rings. The predicted molar refractivity (Wildman–Crippen MR) is 97.5 cm³/mol. The number of rotatable bonds is 3. The van der Waals surface area contributed by atoms with E-state index in [1.165, 1.54) is 0 Å². The molecule has 7 heteroatoms. The van der Waals surface area contributed by atoms with E-state index in [0.29, 0.717) is 17.9 Å². The highest BCUT2D eigenvalue weighted by molar-refractivity contribution is 9.10. The number of amides is 1. The first-order valence-corrected chi connectivity index (χ1v) is 8.62. The highest BCUT2D eigenvalue weighted by Crippen LogP contribution is 2.31. The molecule has 0 aliphatic carbocycles. The summed E-state index contributed by atoms with van der Waals surface area (Å²) in [6, 6.07) is 9.33.